The third-order valence-corrected chi connectivity index (χ3v) is 3.46. The minimum Gasteiger partial charge on any atom is -0.219 e. The van der Waals surface area contributed by atoms with Crippen LogP contribution in [0.3, 0.4) is 0 Å². The predicted molar refractivity (Wildman–Crippen MR) is 57.9 cm³/mol. The zero-order valence-corrected chi connectivity index (χ0v) is 9.21. The molecule has 0 heterocycles. The van der Waals surface area contributed by atoms with Crippen molar-refractivity contribution < 1.29 is 8.42 Å². The number of benzene rings is 1. The molecule has 0 aromatic heterocycles. The summed E-state index contributed by atoms with van der Waals surface area (Å²) in [6, 6.07) is 6.90. The third kappa shape index (κ3) is 2.23. The molecule has 0 atom stereocenters. The summed E-state index contributed by atoms with van der Waals surface area (Å²) in [6.07, 6.45) is 0. The van der Waals surface area contributed by atoms with E-state index in [1.54, 1.807) is 12.1 Å². The van der Waals surface area contributed by atoms with Crippen molar-refractivity contribution >= 4 is 9.84 Å². The minimum atomic E-state index is -3.28. The third-order valence-electron chi connectivity index (χ3n) is 2.09. The van der Waals surface area contributed by atoms with E-state index in [0.29, 0.717) is 10.8 Å². The van der Waals surface area contributed by atoms with E-state index in [-0.39, 0.29) is 0 Å². The van der Waals surface area contributed by atoms with Gasteiger partial charge in [0.25, 0.3) is 0 Å². The van der Waals surface area contributed by atoms with Crippen molar-refractivity contribution in [3.63, 3.8) is 0 Å². The largest absolute Gasteiger partial charge is 0.219 e. The summed E-state index contributed by atoms with van der Waals surface area (Å²) in [4.78, 5) is 0.303. The Hall–Kier alpha value is -1.09. The smallest absolute Gasteiger partial charge is 0.199 e. The zero-order valence-electron chi connectivity index (χ0n) is 8.40. The van der Waals surface area contributed by atoms with Crippen molar-refractivity contribution in [2.24, 2.45) is 0 Å². The molecule has 0 aliphatic heterocycles. The molecule has 0 saturated carbocycles. The lowest BCUT2D eigenvalue weighted by Crippen LogP contribution is -1.96. The summed E-state index contributed by atoms with van der Waals surface area (Å²) in [5.74, 6) is 0.412. The van der Waals surface area contributed by atoms with E-state index in [2.05, 4.69) is 20.4 Å². The lowest BCUT2D eigenvalue weighted by Gasteiger charge is -2.05. The van der Waals surface area contributed by atoms with Gasteiger partial charge in [-0.1, -0.05) is 32.6 Å². The van der Waals surface area contributed by atoms with Crippen LogP contribution in [0.2, 0.25) is 0 Å². The van der Waals surface area contributed by atoms with Gasteiger partial charge in [-0.25, -0.2) is 8.42 Å². The van der Waals surface area contributed by atoms with E-state index < -0.39 is 9.84 Å². The Kier molecular flexibility index (Phi) is 3.11. The van der Waals surface area contributed by atoms with E-state index in [4.69, 9.17) is 0 Å². The van der Waals surface area contributed by atoms with Crippen LogP contribution < -0.4 is 0 Å². The molecule has 76 valence electrons. The fourth-order valence-corrected chi connectivity index (χ4v) is 1.85. The van der Waals surface area contributed by atoms with Crippen LogP contribution >= 0.6 is 0 Å². The lowest BCUT2D eigenvalue weighted by molar-refractivity contribution is 0.604. The molecule has 0 saturated heterocycles. The molecule has 1 aromatic carbocycles. The van der Waals surface area contributed by atoms with Gasteiger partial charge in [0.2, 0.25) is 0 Å². The molecule has 0 unspecified atom stereocenters. The highest BCUT2D eigenvalue weighted by Gasteiger charge is 2.09. The number of hydrogen-bond acceptors (Lipinski definition) is 2. The summed E-state index contributed by atoms with van der Waals surface area (Å²) in [5, 5.41) is 0.970. The Morgan fingerprint density at radius 1 is 1.21 bits per heavy atom. The Morgan fingerprint density at radius 2 is 1.71 bits per heavy atom. The second kappa shape index (κ2) is 3.96. The van der Waals surface area contributed by atoms with Crippen molar-refractivity contribution in [3.05, 3.63) is 41.8 Å². The van der Waals surface area contributed by atoms with Gasteiger partial charge in [-0.15, -0.1) is 0 Å². The van der Waals surface area contributed by atoms with Crippen LogP contribution in [0.15, 0.2) is 41.1 Å². The molecule has 0 spiro atoms. The van der Waals surface area contributed by atoms with Crippen LogP contribution in [-0.2, 0) is 9.84 Å². The normalized spacial score (nSPS) is 11.6. The molecule has 0 aliphatic rings. The van der Waals surface area contributed by atoms with Gasteiger partial charge < -0.3 is 0 Å². The summed E-state index contributed by atoms with van der Waals surface area (Å²) in [7, 11) is -3.28. The van der Waals surface area contributed by atoms with Crippen molar-refractivity contribution in [3.8, 4) is 0 Å². The predicted octanol–water partition coefficient (Wildman–Crippen LogP) is 2.73. The summed E-state index contributed by atoms with van der Waals surface area (Å²) in [6.45, 7) is 7.41. The van der Waals surface area contributed by atoms with E-state index in [0.717, 1.165) is 11.0 Å². The molecule has 1 aromatic rings. The average Bonchev–Trinajstić information content (AvgIpc) is 2.18. The highest BCUT2D eigenvalue weighted by Crippen LogP contribution is 2.18. The molecular formula is C11H14O2S. The molecule has 0 radical (unpaired) electrons. The van der Waals surface area contributed by atoms with Crippen molar-refractivity contribution in [2.45, 2.75) is 24.7 Å². The molecular weight excluding hydrogens is 196 g/mol. The first kappa shape index (κ1) is 11.0. The Balaban J connectivity index is 3.12. The first-order chi connectivity index (χ1) is 6.47. The van der Waals surface area contributed by atoms with Gasteiger partial charge in [-0.3, -0.25) is 0 Å². The lowest BCUT2D eigenvalue weighted by atomic mass is 10.0. The monoisotopic (exact) mass is 210 g/mol. The molecule has 2 nitrogen and oxygen atoms in total. The van der Waals surface area contributed by atoms with Gasteiger partial charge >= 0.3 is 0 Å². The number of sulfone groups is 1. The van der Waals surface area contributed by atoms with Gasteiger partial charge in [0.05, 0.1) is 4.90 Å². The van der Waals surface area contributed by atoms with Crippen LogP contribution in [-0.4, -0.2) is 8.42 Å². The van der Waals surface area contributed by atoms with Crippen LogP contribution in [0.25, 0.3) is 0 Å². The van der Waals surface area contributed by atoms with Crippen LogP contribution in [0, 0.1) is 0 Å². The fourth-order valence-electron chi connectivity index (χ4n) is 1.14. The molecule has 0 N–H and O–H groups in total. The first-order valence-electron chi connectivity index (χ1n) is 4.45. The van der Waals surface area contributed by atoms with Gasteiger partial charge in [-0.05, 0) is 23.6 Å². The standard InChI is InChI=1S/C11H14O2S/c1-4-14(12,13)11-7-5-10(6-8-11)9(2)3/h4-9H,1H2,2-3H3. The Labute approximate surface area is 85.2 Å². The maximum absolute atomic E-state index is 11.4. The van der Waals surface area contributed by atoms with Gasteiger partial charge in [0, 0.05) is 5.41 Å². The molecule has 0 aliphatic carbocycles. The molecule has 3 heteroatoms. The van der Waals surface area contributed by atoms with E-state index in [1.165, 1.54) is 0 Å². The first-order valence-corrected chi connectivity index (χ1v) is 5.99. The second-order valence-corrected chi connectivity index (χ2v) is 5.33. The van der Waals surface area contributed by atoms with E-state index >= 15 is 0 Å². The summed E-state index contributed by atoms with van der Waals surface area (Å²) >= 11 is 0. The summed E-state index contributed by atoms with van der Waals surface area (Å²) in [5.41, 5.74) is 1.13. The molecule has 14 heavy (non-hydrogen) atoms. The van der Waals surface area contributed by atoms with Crippen molar-refractivity contribution in [1.29, 1.82) is 0 Å². The highest BCUT2D eigenvalue weighted by atomic mass is 32.2. The Morgan fingerprint density at radius 3 is 2.07 bits per heavy atom. The van der Waals surface area contributed by atoms with Gasteiger partial charge in [0.1, 0.15) is 0 Å². The number of hydrogen-bond donors (Lipinski definition) is 0. The van der Waals surface area contributed by atoms with Crippen LogP contribution in [0.4, 0.5) is 0 Å². The van der Waals surface area contributed by atoms with Crippen LogP contribution in [0.5, 0.6) is 0 Å². The van der Waals surface area contributed by atoms with Crippen molar-refractivity contribution in [2.75, 3.05) is 0 Å². The number of rotatable bonds is 3. The second-order valence-electron chi connectivity index (χ2n) is 3.44. The topological polar surface area (TPSA) is 34.1 Å². The minimum absolute atomic E-state index is 0.303. The van der Waals surface area contributed by atoms with Gasteiger partial charge in [0.15, 0.2) is 9.84 Å². The van der Waals surface area contributed by atoms with E-state index in [1.807, 2.05) is 12.1 Å². The summed E-state index contributed by atoms with van der Waals surface area (Å²) < 4.78 is 22.7. The maximum atomic E-state index is 11.4. The quantitative estimate of drug-likeness (QED) is 0.768. The maximum Gasteiger partial charge on any atom is 0.199 e. The Bertz CT molecular complexity index is 413. The molecule has 0 bridgehead atoms. The van der Waals surface area contributed by atoms with Crippen molar-refractivity contribution in [1.82, 2.24) is 0 Å². The fraction of sp³-hybridized carbons (Fsp3) is 0.273. The molecule has 0 amide bonds. The van der Waals surface area contributed by atoms with Gasteiger partial charge in [-0.2, -0.15) is 0 Å². The average molecular weight is 210 g/mol. The molecule has 1 rings (SSSR count). The molecule has 0 fully saturated rings. The van der Waals surface area contributed by atoms with Crippen LogP contribution in [0.1, 0.15) is 25.3 Å². The SMILES string of the molecule is C=CS(=O)(=O)c1ccc(C(C)C)cc1. The van der Waals surface area contributed by atoms with E-state index in [9.17, 15) is 8.42 Å². The zero-order chi connectivity index (χ0) is 10.8. The highest BCUT2D eigenvalue weighted by molar-refractivity contribution is 7.94.